The number of nitro groups is 1. The molecule has 1 N–H and O–H groups in total. The van der Waals surface area contributed by atoms with E-state index in [9.17, 15) is 10.1 Å². The lowest BCUT2D eigenvalue weighted by Crippen LogP contribution is -2.29. The molecule has 1 heterocycles. The van der Waals surface area contributed by atoms with Gasteiger partial charge in [-0.2, -0.15) is 0 Å². The Hall–Kier alpha value is -2.53. The van der Waals surface area contributed by atoms with Crippen LogP contribution in [0.15, 0.2) is 48.6 Å². The number of hydrogen-bond donors (Lipinski definition) is 1. The zero-order chi connectivity index (χ0) is 18.3. The fourth-order valence-corrected chi connectivity index (χ4v) is 4.34. The van der Waals surface area contributed by atoms with Crippen molar-refractivity contribution in [3.63, 3.8) is 0 Å². The van der Waals surface area contributed by atoms with Crippen molar-refractivity contribution in [1.82, 2.24) is 0 Å². The van der Waals surface area contributed by atoms with E-state index < -0.39 is 0 Å². The number of rotatable bonds is 4. The fourth-order valence-electron chi connectivity index (χ4n) is 4.08. The van der Waals surface area contributed by atoms with Crippen molar-refractivity contribution in [1.29, 1.82) is 0 Å². The molecule has 0 spiro atoms. The number of anilines is 1. The van der Waals surface area contributed by atoms with Crippen LogP contribution in [-0.4, -0.2) is 11.5 Å². The van der Waals surface area contributed by atoms with E-state index in [0.29, 0.717) is 23.1 Å². The van der Waals surface area contributed by atoms with Crippen LogP contribution in [0.4, 0.5) is 11.4 Å². The first-order valence-electron chi connectivity index (χ1n) is 8.73. The van der Waals surface area contributed by atoms with Gasteiger partial charge in [-0.15, -0.1) is 0 Å². The van der Waals surface area contributed by atoms with Gasteiger partial charge < -0.3 is 10.1 Å². The predicted octanol–water partition coefficient (Wildman–Crippen LogP) is 5.47. The highest BCUT2D eigenvalue weighted by Crippen LogP contribution is 2.53. The molecule has 26 heavy (non-hydrogen) atoms. The molecule has 1 aliphatic carbocycles. The first-order chi connectivity index (χ1) is 12.6. The quantitative estimate of drug-likeness (QED) is 0.440. The molecule has 0 saturated heterocycles. The average Bonchev–Trinajstić information content (AvgIpc) is 3.11. The molecule has 0 saturated carbocycles. The van der Waals surface area contributed by atoms with E-state index >= 15 is 0 Å². The zero-order valence-electron chi connectivity index (χ0n) is 14.3. The van der Waals surface area contributed by atoms with Crippen LogP contribution in [0.25, 0.3) is 0 Å². The number of allylic oxidation sites excluding steroid dienone is 2. The summed E-state index contributed by atoms with van der Waals surface area (Å²) < 4.78 is 5.56. The summed E-state index contributed by atoms with van der Waals surface area (Å²) in [6, 6.07) is 11.0. The minimum absolute atomic E-state index is 0.0433. The van der Waals surface area contributed by atoms with E-state index in [1.165, 1.54) is 6.07 Å². The molecule has 3 atom stereocenters. The van der Waals surface area contributed by atoms with Gasteiger partial charge in [0.1, 0.15) is 11.4 Å². The maximum Gasteiger partial charge on any atom is 0.296 e. The third-order valence-electron chi connectivity index (χ3n) is 5.17. The number of ether oxygens (including phenoxy) is 1. The Morgan fingerprint density at radius 2 is 2.12 bits per heavy atom. The lowest BCUT2D eigenvalue weighted by molar-refractivity contribution is -0.384. The monoisotopic (exact) mass is 370 g/mol. The molecule has 0 fully saturated rings. The SMILES string of the molecule is CCOc1cc2c(c([N+](=O)[O-])c1)N[C@H](c1ccccc1Cl)[C@H]1CC=C[C@@H]21. The van der Waals surface area contributed by atoms with Gasteiger partial charge in [-0.25, -0.2) is 0 Å². The molecule has 1 aliphatic heterocycles. The van der Waals surface area contributed by atoms with Crippen LogP contribution < -0.4 is 10.1 Å². The molecule has 2 aliphatic rings. The van der Waals surface area contributed by atoms with E-state index in [0.717, 1.165) is 17.5 Å². The van der Waals surface area contributed by atoms with Crippen molar-refractivity contribution >= 4 is 23.0 Å². The Morgan fingerprint density at radius 1 is 1.31 bits per heavy atom. The summed E-state index contributed by atoms with van der Waals surface area (Å²) in [4.78, 5) is 11.3. The van der Waals surface area contributed by atoms with Crippen molar-refractivity contribution in [2.75, 3.05) is 11.9 Å². The molecule has 0 aromatic heterocycles. The summed E-state index contributed by atoms with van der Waals surface area (Å²) in [5.74, 6) is 0.903. The smallest absolute Gasteiger partial charge is 0.296 e. The van der Waals surface area contributed by atoms with E-state index in [1.807, 2.05) is 37.3 Å². The van der Waals surface area contributed by atoms with Gasteiger partial charge in [-0.05, 0) is 42.5 Å². The van der Waals surface area contributed by atoms with Crippen molar-refractivity contribution in [3.05, 3.63) is 74.8 Å². The minimum Gasteiger partial charge on any atom is -0.494 e. The summed E-state index contributed by atoms with van der Waals surface area (Å²) in [7, 11) is 0. The minimum atomic E-state index is -0.350. The molecule has 5 nitrogen and oxygen atoms in total. The molecule has 0 radical (unpaired) electrons. The summed E-state index contributed by atoms with van der Waals surface area (Å²) in [6.07, 6.45) is 5.20. The van der Waals surface area contributed by atoms with E-state index in [2.05, 4.69) is 17.5 Å². The first-order valence-corrected chi connectivity index (χ1v) is 9.10. The number of nitro benzene ring substituents is 1. The Labute approximate surface area is 156 Å². The highest BCUT2D eigenvalue weighted by Gasteiger charge is 2.41. The Kier molecular flexibility index (Phi) is 4.32. The molecular weight excluding hydrogens is 352 g/mol. The predicted molar refractivity (Wildman–Crippen MR) is 102 cm³/mol. The summed E-state index contributed by atoms with van der Waals surface area (Å²) >= 11 is 6.43. The zero-order valence-corrected chi connectivity index (χ0v) is 15.1. The molecule has 134 valence electrons. The van der Waals surface area contributed by atoms with Crippen LogP contribution in [0.5, 0.6) is 5.75 Å². The molecule has 0 amide bonds. The highest BCUT2D eigenvalue weighted by atomic mass is 35.5. The van der Waals surface area contributed by atoms with Gasteiger partial charge in [0.25, 0.3) is 5.69 Å². The third-order valence-corrected chi connectivity index (χ3v) is 5.51. The first kappa shape index (κ1) is 16.9. The molecule has 0 bridgehead atoms. The number of fused-ring (bicyclic) bond motifs is 3. The Balaban J connectivity index is 1.87. The third kappa shape index (κ3) is 2.72. The van der Waals surface area contributed by atoms with Crippen molar-refractivity contribution in [2.45, 2.75) is 25.3 Å². The van der Waals surface area contributed by atoms with Gasteiger partial charge in [0.2, 0.25) is 0 Å². The Morgan fingerprint density at radius 3 is 2.85 bits per heavy atom. The highest BCUT2D eigenvalue weighted by molar-refractivity contribution is 6.31. The molecular formula is C20H19ClN2O3. The molecule has 2 aromatic rings. The largest absolute Gasteiger partial charge is 0.494 e. The van der Waals surface area contributed by atoms with Crippen molar-refractivity contribution in [2.24, 2.45) is 5.92 Å². The van der Waals surface area contributed by atoms with E-state index in [4.69, 9.17) is 16.3 Å². The van der Waals surface area contributed by atoms with Crippen molar-refractivity contribution < 1.29 is 9.66 Å². The van der Waals surface area contributed by atoms with Crippen LogP contribution in [0.1, 0.15) is 36.4 Å². The topological polar surface area (TPSA) is 64.4 Å². The fraction of sp³-hybridized carbons (Fsp3) is 0.300. The Bertz CT molecular complexity index is 897. The normalized spacial score (nSPS) is 23.1. The second-order valence-electron chi connectivity index (χ2n) is 6.59. The van der Waals surface area contributed by atoms with Crippen LogP contribution in [-0.2, 0) is 0 Å². The van der Waals surface area contributed by atoms with Gasteiger partial charge in [0.15, 0.2) is 0 Å². The second-order valence-corrected chi connectivity index (χ2v) is 7.00. The van der Waals surface area contributed by atoms with Crippen LogP contribution in [0.3, 0.4) is 0 Å². The standard InChI is InChI=1S/C20H19ClN2O3/c1-2-26-12-10-16-13-7-5-8-14(13)19(15-6-3-4-9-17(15)21)22-20(16)18(11-12)23(24)25/h3-7,9-11,13-14,19,22H,2,8H2,1H3/t13-,14+,19+/m1/s1. The van der Waals surface area contributed by atoms with E-state index in [1.54, 1.807) is 0 Å². The molecule has 0 unspecified atom stereocenters. The summed E-state index contributed by atoms with van der Waals surface area (Å²) in [5, 5.41) is 15.8. The number of benzene rings is 2. The van der Waals surface area contributed by atoms with Crippen LogP contribution in [0, 0.1) is 16.0 Å². The maximum atomic E-state index is 11.7. The average molecular weight is 371 g/mol. The van der Waals surface area contributed by atoms with Gasteiger partial charge in [0.05, 0.1) is 23.6 Å². The van der Waals surface area contributed by atoms with Gasteiger partial charge >= 0.3 is 0 Å². The number of nitrogens with zero attached hydrogens (tertiary/aromatic N) is 1. The van der Waals surface area contributed by atoms with E-state index in [-0.39, 0.29) is 28.5 Å². The number of halogens is 1. The van der Waals surface area contributed by atoms with Gasteiger partial charge in [-0.3, -0.25) is 10.1 Å². The number of hydrogen-bond acceptors (Lipinski definition) is 4. The molecule has 6 heteroatoms. The summed E-state index contributed by atoms with van der Waals surface area (Å²) in [5.41, 5.74) is 2.50. The number of nitrogens with one attached hydrogen (secondary N) is 1. The summed E-state index contributed by atoms with van der Waals surface area (Å²) in [6.45, 7) is 2.34. The van der Waals surface area contributed by atoms with Crippen LogP contribution in [0.2, 0.25) is 5.02 Å². The van der Waals surface area contributed by atoms with Gasteiger partial charge in [-0.1, -0.05) is 42.0 Å². The van der Waals surface area contributed by atoms with Gasteiger partial charge in [0, 0.05) is 10.9 Å². The van der Waals surface area contributed by atoms with Crippen LogP contribution >= 0.6 is 11.6 Å². The molecule has 2 aromatic carbocycles. The van der Waals surface area contributed by atoms with Crippen molar-refractivity contribution in [3.8, 4) is 5.75 Å². The lowest BCUT2D eigenvalue weighted by Gasteiger charge is -2.37. The lowest BCUT2D eigenvalue weighted by atomic mass is 9.76. The second kappa shape index (κ2) is 6.65. The maximum absolute atomic E-state index is 11.7. The molecule has 4 rings (SSSR count).